The van der Waals surface area contributed by atoms with Crippen molar-refractivity contribution >= 4 is 29.8 Å². The number of fused-ring (bicyclic) bond motifs is 3. The Kier molecular flexibility index (Phi) is 8.29. The van der Waals surface area contributed by atoms with E-state index in [1.165, 1.54) is 34.6 Å². The molecule has 1 aliphatic heterocycles. The van der Waals surface area contributed by atoms with E-state index in [4.69, 9.17) is 28.4 Å². The minimum Gasteiger partial charge on any atom is -0.462 e. The highest BCUT2D eigenvalue weighted by Crippen LogP contribution is 2.66. The number of carbonyl (C=O) groups excluding carboxylic acids is 5. The van der Waals surface area contributed by atoms with E-state index in [1.54, 1.807) is 27.7 Å². The molecule has 3 aliphatic carbocycles. The number of carbonyl (C=O) groups is 5. The van der Waals surface area contributed by atoms with Gasteiger partial charge in [-0.05, 0) is 18.1 Å². The first-order valence-corrected chi connectivity index (χ1v) is 14.4. The largest absolute Gasteiger partial charge is 0.462 e. The summed E-state index contributed by atoms with van der Waals surface area (Å²) in [4.78, 5) is 62.8. The monoisotopic (exact) mass is 610 g/mol. The fourth-order valence-electron chi connectivity index (χ4n) is 8.37. The summed E-state index contributed by atoms with van der Waals surface area (Å²) in [5.74, 6) is -4.77. The molecule has 43 heavy (non-hydrogen) atoms. The lowest BCUT2D eigenvalue weighted by Gasteiger charge is -2.64. The molecule has 3 fully saturated rings. The lowest BCUT2D eigenvalue weighted by atomic mass is 9.45. The van der Waals surface area contributed by atoms with Crippen molar-refractivity contribution in [3.8, 4) is 0 Å². The molecular formula is C30H42O13. The van der Waals surface area contributed by atoms with Crippen LogP contribution in [0, 0.1) is 16.7 Å². The molecule has 1 unspecified atom stereocenters. The first-order chi connectivity index (χ1) is 19.7. The van der Waals surface area contributed by atoms with Gasteiger partial charge in [0, 0.05) is 58.8 Å². The van der Waals surface area contributed by atoms with Crippen molar-refractivity contribution in [2.75, 3.05) is 6.61 Å². The van der Waals surface area contributed by atoms with Crippen LogP contribution < -0.4 is 0 Å². The third kappa shape index (κ3) is 4.93. The maximum atomic E-state index is 12.9. The molecule has 240 valence electrons. The smallest absolute Gasteiger partial charge is 0.303 e. The molecule has 13 heteroatoms. The van der Waals surface area contributed by atoms with E-state index in [-0.39, 0.29) is 19.4 Å². The quantitative estimate of drug-likeness (QED) is 0.258. The van der Waals surface area contributed by atoms with Gasteiger partial charge in [0.05, 0.1) is 18.1 Å². The van der Waals surface area contributed by atoms with Crippen LogP contribution in [0.5, 0.6) is 0 Å². The zero-order valence-electron chi connectivity index (χ0n) is 26.0. The van der Waals surface area contributed by atoms with Gasteiger partial charge in [0.1, 0.15) is 23.9 Å². The SMILES string of the molecule is CC(=O)OC1[C@H](OC(C)=O)C2=C(C)[C@@H](OC(C)=O)C[C@@](O)([C@H]3OC[C@@]4(OC(C)=O)[C@@H]3[C@@]1(C)[C@@H](OC(C)=O)C[C@@H]4O)C2(C)C. The molecule has 0 radical (unpaired) electrons. The highest BCUT2D eigenvalue weighted by Gasteiger charge is 2.79. The minimum absolute atomic E-state index is 0.165. The Balaban J connectivity index is 2.17. The number of ether oxygens (including phenoxy) is 6. The molecule has 4 rings (SSSR count). The van der Waals surface area contributed by atoms with Crippen LogP contribution in [0.3, 0.4) is 0 Å². The van der Waals surface area contributed by atoms with Crippen molar-refractivity contribution in [1.82, 2.24) is 0 Å². The molecule has 1 heterocycles. The fraction of sp³-hybridized carbons (Fsp3) is 0.767. The highest BCUT2D eigenvalue weighted by atomic mass is 16.6. The van der Waals surface area contributed by atoms with E-state index >= 15 is 0 Å². The van der Waals surface area contributed by atoms with Crippen LogP contribution in [0.2, 0.25) is 0 Å². The number of aliphatic hydroxyl groups excluding tert-OH is 1. The van der Waals surface area contributed by atoms with Gasteiger partial charge in [0.25, 0.3) is 0 Å². The van der Waals surface area contributed by atoms with Gasteiger partial charge >= 0.3 is 29.8 Å². The minimum atomic E-state index is -1.91. The molecular weight excluding hydrogens is 568 g/mol. The third-order valence-corrected chi connectivity index (χ3v) is 10.0. The molecule has 2 bridgehead atoms. The summed E-state index contributed by atoms with van der Waals surface area (Å²) in [6.07, 6.45) is -8.11. The molecule has 2 N–H and O–H groups in total. The van der Waals surface area contributed by atoms with Crippen LogP contribution >= 0.6 is 0 Å². The number of hydrogen-bond acceptors (Lipinski definition) is 13. The standard InChI is InChI=1S/C30H42O13/c1-13-19(39-14(2)31)11-30(37)26-24-28(9,25(42-17(5)34)23(41-16(4)33)22(13)27(30,7)8)21(40-15(3)32)10-20(36)29(24,12-38-26)43-18(6)35/h19-21,23-26,36-37H,10-12H2,1-9H3/t19-,20-,21-,23+,24-,25?,26-,28+,29-,30+/m0/s1. The fourth-order valence-corrected chi connectivity index (χ4v) is 8.37. The van der Waals surface area contributed by atoms with E-state index in [9.17, 15) is 34.2 Å². The second kappa shape index (κ2) is 10.8. The molecule has 0 spiro atoms. The van der Waals surface area contributed by atoms with Crippen molar-refractivity contribution in [2.45, 2.75) is 123 Å². The van der Waals surface area contributed by atoms with E-state index in [2.05, 4.69) is 0 Å². The molecule has 4 aliphatic rings. The number of hydrogen-bond donors (Lipinski definition) is 2. The second-order valence-electron chi connectivity index (χ2n) is 13.0. The van der Waals surface area contributed by atoms with Crippen molar-refractivity contribution < 1.29 is 62.6 Å². The topological polar surface area (TPSA) is 181 Å². The lowest BCUT2D eigenvalue weighted by molar-refractivity contribution is -0.280. The van der Waals surface area contributed by atoms with Crippen LogP contribution in [-0.4, -0.2) is 94.5 Å². The lowest BCUT2D eigenvalue weighted by Crippen LogP contribution is -2.76. The van der Waals surface area contributed by atoms with Crippen LogP contribution in [0.25, 0.3) is 0 Å². The van der Waals surface area contributed by atoms with Crippen LogP contribution in [0.15, 0.2) is 11.1 Å². The predicted molar refractivity (Wildman–Crippen MR) is 145 cm³/mol. The molecule has 13 nitrogen and oxygen atoms in total. The van der Waals surface area contributed by atoms with Crippen molar-refractivity contribution in [3.63, 3.8) is 0 Å². The van der Waals surface area contributed by atoms with E-state index in [1.807, 2.05) is 0 Å². The number of esters is 5. The summed E-state index contributed by atoms with van der Waals surface area (Å²) in [5, 5.41) is 24.5. The average Bonchev–Trinajstić information content (AvgIpc) is 3.24. The molecule has 0 aromatic carbocycles. The van der Waals surface area contributed by atoms with Gasteiger partial charge in [-0.15, -0.1) is 0 Å². The summed E-state index contributed by atoms with van der Waals surface area (Å²) in [6, 6.07) is 0. The van der Waals surface area contributed by atoms with Gasteiger partial charge < -0.3 is 38.6 Å². The van der Waals surface area contributed by atoms with Gasteiger partial charge in [0.2, 0.25) is 0 Å². The Labute approximate surface area is 250 Å². The Morgan fingerprint density at radius 2 is 1.40 bits per heavy atom. The Hall–Kier alpha value is -3.03. The second-order valence-corrected chi connectivity index (χ2v) is 13.0. The third-order valence-electron chi connectivity index (χ3n) is 10.0. The van der Waals surface area contributed by atoms with Gasteiger partial charge in [0.15, 0.2) is 17.8 Å². The van der Waals surface area contributed by atoms with Gasteiger partial charge in [-0.25, -0.2) is 0 Å². The molecule has 10 atom stereocenters. The first kappa shape index (κ1) is 32.9. The maximum Gasteiger partial charge on any atom is 0.303 e. The van der Waals surface area contributed by atoms with Crippen molar-refractivity contribution in [3.05, 3.63) is 11.1 Å². The predicted octanol–water partition coefficient (Wildman–Crippen LogP) is 1.29. The molecule has 2 saturated carbocycles. The van der Waals surface area contributed by atoms with E-state index in [0.717, 1.165) is 0 Å². The first-order valence-electron chi connectivity index (χ1n) is 14.4. The molecule has 1 saturated heterocycles. The molecule has 0 amide bonds. The summed E-state index contributed by atoms with van der Waals surface area (Å²) in [7, 11) is 0. The normalized spacial score (nSPS) is 41.1. The summed E-state index contributed by atoms with van der Waals surface area (Å²) < 4.78 is 35.6. The van der Waals surface area contributed by atoms with Crippen LogP contribution in [0.4, 0.5) is 0 Å². The summed E-state index contributed by atoms with van der Waals surface area (Å²) in [5.41, 5.74) is -5.79. The average molecular weight is 611 g/mol. The number of aliphatic hydroxyl groups is 2. The van der Waals surface area contributed by atoms with E-state index < -0.39 is 94.4 Å². The summed E-state index contributed by atoms with van der Waals surface area (Å²) >= 11 is 0. The van der Waals surface area contributed by atoms with Gasteiger partial charge in [-0.1, -0.05) is 20.8 Å². The Bertz CT molecular complexity index is 1250. The van der Waals surface area contributed by atoms with Gasteiger partial charge in [-0.2, -0.15) is 0 Å². The van der Waals surface area contributed by atoms with Crippen LogP contribution in [0.1, 0.15) is 75.2 Å². The summed E-state index contributed by atoms with van der Waals surface area (Å²) in [6.45, 7) is 12.3. The van der Waals surface area contributed by atoms with Crippen molar-refractivity contribution in [1.29, 1.82) is 0 Å². The zero-order chi connectivity index (χ0) is 32.4. The zero-order valence-corrected chi connectivity index (χ0v) is 26.0. The van der Waals surface area contributed by atoms with Crippen molar-refractivity contribution in [2.24, 2.45) is 16.7 Å². The Morgan fingerprint density at radius 1 is 0.837 bits per heavy atom. The molecule has 0 aromatic heterocycles. The van der Waals surface area contributed by atoms with Crippen LogP contribution in [-0.2, 0) is 52.4 Å². The number of rotatable bonds is 5. The Morgan fingerprint density at radius 3 is 1.91 bits per heavy atom. The van der Waals surface area contributed by atoms with E-state index in [0.29, 0.717) is 11.1 Å². The molecule has 0 aromatic rings. The van der Waals surface area contributed by atoms with Gasteiger partial charge in [-0.3, -0.25) is 24.0 Å². The maximum absolute atomic E-state index is 12.9. The highest BCUT2D eigenvalue weighted by molar-refractivity contribution is 5.70.